The number of aliphatic hydroxyl groups is 3. The lowest BCUT2D eigenvalue weighted by Gasteiger charge is -2.21. The number of amides is 1. The van der Waals surface area contributed by atoms with Crippen LogP contribution in [0.15, 0.2) is 24.3 Å². The van der Waals surface area contributed by atoms with Crippen molar-refractivity contribution in [2.75, 3.05) is 6.61 Å². The molecule has 5 nitrogen and oxygen atoms in total. The molecule has 368 valence electrons. The topological polar surface area (TPSA) is 89.8 Å². The second kappa shape index (κ2) is 52.5. The lowest BCUT2D eigenvalue weighted by molar-refractivity contribution is -0.131. The SMILES string of the molecule is CCCCCCCCCCCCCC/C=C/CC/C=C/C(O)C(CO)NC(=O)C(O)CCCCCCCCCCCCCCCCCCCCCCCCCCCCCCCC. The third kappa shape index (κ3) is 46.8. The van der Waals surface area contributed by atoms with E-state index in [1.165, 1.54) is 250 Å². The molecule has 0 aliphatic heterocycles. The van der Waals surface area contributed by atoms with Crippen LogP contribution in [0.3, 0.4) is 0 Å². The first-order valence-electron chi connectivity index (χ1n) is 28.2. The molecule has 3 unspecified atom stereocenters. The van der Waals surface area contributed by atoms with E-state index in [0.717, 1.165) is 38.5 Å². The van der Waals surface area contributed by atoms with Gasteiger partial charge in [0.2, 0.25) is 5.91 Å². The van der Waals surface area contributed by atoms with Gasteiger partial charge in [-0.1, -0.05) is 301 Å². The largest absolute Gasteiger partial charge is 0.394 e. The number of allylic oxidation sites excluding steroid dienone is 3. The van der Waals surface area contributed by atoms with Gasteiger partial charge in [0.25, 0.3) is 0 Å². The van der Waals surface area contributed by atoms with E-state index < -0.39 is 24.2 Å². The van der Waals surface area contributed by atoms with E-state index >= 15 is 0 Å². The fourth-order valence-corrected chi connectivity index (χ4v) is 8.91. The van der Waals surface area contributed by atoms with Crippen LogP contribution in [0, 0.1) is 0 Å². The first-order chi connectivity index (χ1) is 30.6. The summed E-state index contributed by atoms with van der Waals surface area (Å²) >= 11 is 0. The van der Waals surface area contributed by atoms with Crippen LogP contribution in [0.5, 0.6) is 0 Å². The molecule has 0 aromatic rings. The van der Waals surface area contributed by atoms with Crippen LogP contribution >= 0.6 is 0 Å². The fraction of sp³-hybridized carbons (Fsp3) is 0.912. The highest BCUT2D eigenvalue weighted by Gasteiger charge is 2.22. The van der Waals surface area contributed by atoms with Crippen molar-refractivity contribution in [1.82, 2.24) is 5.32 Å². The van der Waals surface area contributed by atoms with Crippen molar-refractivity contribution >= 4 is 5.91 Å². The number of rotatable bonds is 52. The van der Waals surface area contributed by atoms with Crippen LogP contribution < -0.4 is 5.32 Å². The summed E-state index contributed by atoms with van der Waals surface area (Å²) < 4.78 is 0. The summed E-state index contributed by atoms with van der Waals surface area (Å²) in [6.45, 7) is 4.20. The Morgan fingerprint density at radius 1 is 0.387 bits per heavy atom. The van der Waals surface area contributed by atoms with Crippen LogP contribution in [-0.2, 0) is 4.79 Å². The van der Waals surface area contributed by atoms with Gasteiger partial charge in [-0.3, -0.25) is 4.79 Å². The second-order valence-electron chi connectivity index (χ2n) is 19.5. The van der Waals surface area contributed by atoms with E-state index in [1.54, 1.807) is 6.08 Å². The maximum Gasteiger partial charge on any atom is 0.249 e. The molecule has 0 radical (unpaired) electrons. The zero-order chi connectivity index (χ0) is 45.1. The van der Waals surface area contributed by atoms with Crippen molar-refractivity contribution in [2.24, 2.45) is 0 Å². The molecule has 1 amide bonds. The van der Waals surface area contributed by atoms with Crippen molar-refractivity contribution in [3.63, 3.8) is 0 Å². The van der Waals surface area contributed by atoms with Crippen molar-refractivity contribution in [3.8, 4) is 0 Å². The third-order valence-electron chi connectivity index (χ3n) is 13.3. The molecule has 0 bridgehead atoms. The number of unbranched alkanes of at least 4 members (excludes halogenated alkanes) is 42. The third-order valence-corrected chi connectivity index (χ3v) is 13.3. The first kappa shape index (κ1) is 60.8. The van der Waals surface area contributed by atoms with Crippen LogP contribution in [0.1, 0.15) is 309 Å². The van der Waals surface area contributed by atoms with E-state index in [9.17, 15) is 20.1 Å². The highest BCUT2D eigenvalue weighted by molar-refractivity contribution is 5.80. The lowest BCUT2D eigenvalue weighted by Crippen LogP contribution is -2.48. The van der Waals surface area contributed by atoms with Gasteiger partial charge in [-0.2, -0.15) is 0 Å². The van der Waals surface area contributed by atoms with Crippen molar-refractivity contribution in [2.45, 2.75) is 327 Å². The Balaban J connectivity index is 3.53. The number of aliphatic hydroxyl groups excluding tert-OH is 3. The molecule has 4 N–H and O–H groups in total. The number of hydrogen-bond acceptors (Lipinski definition) is 4. The smallest absolute Gasteiger partial charge is 0.249 e. The molecule has 0 aromatic carbocycles. The average molecular weight is 875 g/mol. The van der Waals surface area contributed by atoms with Crippen LogP contribution in [0.2, 0.25) is 0 Å². The van der Waals surface area contributed by atoms with Gasteiger partial charge >= 0.3 is 0 Å². The summed E-state index contributed by atoms with van der Waals surface area (Å²) in [4.78, 5) is 12.5. The van der Waals surface area contributed by atoms with Gasteiger partial charge in [0.1, 0.15) is 6.10 Å². The first-order valence-corrected chi connectivity index (χ1v) is 28.2. The summed E-state index contributed by atoms with van der Waals surface area (Å²) in [6.07, 6.45) is 66.9. The number of nitrogens with one attached hydrogen (secondary N) is 1. The minimum absolute atomic E-state index is 0.372. The minimum Gasteiger partial charge on any atom is -0.394 e. The highest BCUT2D eigenvalue weighted by Crippen LogP contribution is 2.18. The molecule has 0 aliphatic carbocycles. The Morgan fingerprint density at radius 3 is 0.984 bits per heavy atom. The second-order valence-corrected chi connectivity index (χ2v) is 19.5. The summed E-state index contributed by atoms with van der Waals surface area (Å²) in [6, 6.07) is -0.812. The van der Waals surface area contributed by atoms with Crippen molar-refractivity contribution in [3.05, 3.63) is 24.3 Å². The van der Waals surface area contributed by atoms with E-state index in [-0.39, 0.29) is 6.61 Å². The van der Waals surface area contributed by atoms with Gasteiger partial charge in [0.15, 0.2) is 0 Å². The van der Waals surface area contributed by atoms with E-state index in [2.05, 4.69) is 31.3 Å². The van der Waals surface area contributed by atoms with Crippen LogP contribution in [0.25, 0.3) is 0 Å². The Labute approximate surface area is 388 Å². The molecule has 0 fully saturated rings. The zero-order valence-corrected chi connectivity index (χ0v) is 42.0. The van der Waals surface area contributed by atoms with Crippen molar-refractivity contribution in [1.29, 1.82) is 0 Å². The summed E-state index contributed by atoms with van der Waals surface area (Å²) in [5, 5.41) is 33.3. The van der Waals surface area contributed by atoms with E-state index in [4.69, 9.17) is 0 Å². The molecule has 0 spiro atoms. The molecule has 0 rings (SSSR count). The summed E-state index contributed by atoms with van der Waals surface area (Å²) in [5.41, 5.74) is 0. The van der Waals surface area contributed by atoms with Gasteiger partial charge in [-0.05, 0) is 32.1 Å². The van der Waals surface area contributed by atoms with E-state index in [1.807, 2.05) is 6.08 Å². The fourth-order valence-electron chi connectivity index (χ4n) is 8.91. The molecule has 0 saturated heterocycles. The Bertz CT molecular complexity index is 920. The van der Waals surface area contributed by atoms with Gasteiger partial charge in [0, 0.05) is 0 Å². The Morgan fingerprint density at radius 2 is 0.661 bits per heavy atom. The van der Waals surface area contributed by atoms with Gasteiger partial charge < -0.3 is 20.6 Å². The lowest BCUT2D eigenvalue weighted by atomic mass is 10.0. The molecule has 0 aromatic heterocycles. The van der Waals surface area contributed by atoms with Crippen LogP contribution in [0.4, 0.5) is 0 Å². The zero-order valence-electron chi connectivity index (χ0n) is 42.0. The van der Waals surface area contributed by atoms with E-state index in [0.29, 0.717) is 6.42 Å². The monoisotopic (exact) mass is 874 g/mol. The van der Waals surface area contributed by atoms with Gasteiger partial charge in [-0.15, -0.1) is 0 Å². The molecule has 0 saturated carbocycles. The molecular formula is C57H111NO4. The predicted molar refractivity (Wildman–Crippen MR) is 273 cm³/mol. The Kier molecular flexibility index (Phi) is 51.5. The minimum atomic E-state index is -1.10. The maximum atomic E-state index is 12.5. The summed E-state index contributed by atoms with van der Waals surface area (Å²) in [7, 11) is 0. The number of hydrogen-bond donors (Lipinski definition) is 4. The maximum absolute atomic E-state index is 12.5. The van der Waals surface area contributed by atoms with Gasteiger partial charge in [0.05, 0.1) is 18.8 Å². The van der Waals surface area contributed by atoms with Crippen LogP contribution in [-0.4, -0.2) is 46.1 Å². The normalized spacial score (nSPS) is 13.4. The molecular weight excluding hydrogens is 763 g/mol. The standard InChI is InChI=1S/C57H111NO4/c1-3-5-7-9-11-13-15-17-19-21-23-24-25-26-27-28-29-30-31-32-33-34-36-38-40-42-44-46-48-50-52-56(61)57(62)58-54(53-59)55(60)51-49-47-45-43-41-39-37-35-22-20-18-16-14-12-10-8-6-4-2/h41,43,49,51,54-56,59-61H,3-40,42,44-48,50,52-53H2,1-2H3,(H,58,62)/b43-41+,51-49+. The number of carbonyl (C=O) groups is 1. The van der Waals surface area contributed by atoms with Gasteiger partial charge in [-0.25, -0.2) is 0 Å². The summed E-state index contributed by atoms with van der Waals surface area (Å²) in [5.74, 6) is -0.507. The molecule has 0 heterocycles. The average Bonchev–Trinajstić information content (AvgIpc) is 3.28. The van der Waals surface area contributed by atoms with Crippen molar-refractivity contribution < 1.29 is 20.1 Å². The molecule has 5 heteroatoms. The quantitative estimate of drug-likeness (QED) is 0.0362. The predicted octanol–water partition coefficient (Wildman–Crippen LogP) is 17.3. The highest BCUT2D eigenvalue weighted by atomic mass is 16.3. The Hall–Kier alpha value is -1.17. The molecule has 0 aliphatic rings. The number of carbonyl (C=O) groups excluding carboxylic acids is 1. The molecule has 62 heavy (non-hydrogen) atoms. The molecule has 3 atom stereocenters.